The largest absolute Gasteiger partial charge is 0.465 e. The van der Waals surface area contributed by atoms with Gasteiger partial charge >= 0.3 is 0 Å². The van der Waals surface area contributed by atoms with Crippen LogP contribution in [-0.2, 0) is 15.9 Å². The molecule has 2 aromatic heterocycles. The standard InChI is InChI=1S/C12H6N2O3/c13-7-11(9-3-1-5-15-9)12(8-14,17-11)10-4-2-6-16-10/h1-6H. The van der Waals surface area contributed by atoms with Crippen LogP contribution < -0.4 is 0 Å². The quantitative estimate of drug-likeness (QED) is 0.731. The maximum absolute atomic E-state index is 9.27. The van der Waals surface area contributed by atoms with Gasteiger partial charge in [0.15, 0.2) is 11.5 Å². The van der Waals surface area contributed by atoms with Crippen molar-refractivity contribution in [3.8, 4) is 12.1 Å². The lowest BCUT2D eigenvalue weighted by atomic mass is 9.90. The van der Waals surface area contributed by atoms with E-state index in [1.807, 2.05) is 12.1 Å². The second-order valence-electron chi connectivity index (χ2n) is 3.64. The van der Waals surface area contributed by atoms with E-state index >= 15 is 0 Å². The van der Waals surface area contributed by atoms with Crippen LogP contribution in [0.15, 0.2) is 45.6 Å². The first kappa shape index (κ1) is 9.71. The third-order valence-corrected chi connectivity index (χ3v) is 2.81. The first-order valence-electron chi connectivity index (χ1n) is 4.90. The number of ether oxygens (including phenoxy) is 1. The molecule has 3 rings (SSSR count). The van der Waals surface area contributed by atoms with Gasteiger partial charge in [0.1, 0.15) is 12.1 Å². The zero-order valence-corrected chi connectivity index (χ0v) is 8.58. The van der Waals surface area contributed by atoms with E-state index in [1.165, 1.54) is 12.5 Å². The fourth-order valence-electron chi connectivity index (χ4n) is 1.92. The fourth-order valence-corrected chi connectivity index (χ4v) is 1.92. The minimum Gasteiger partial charge on any atom is -0.465 e. The second kappa shape index (κ2) is 3.00. The van der Waals surface area contributed by atoms with Crippen molar-refractivity contribution in [2.45, 2.75) is 11.2 Å². The Labute approximate surface area is 96.4 Å². The van der Waals surface area contributed by atoms with Crippen molar-refractivity contribution in [2.24, 2.45) is 0 Å². The number of epoxide rings is 1. The molecular weight excluding hydrogens is 220 g/mol. The summed E-state index contributed by atoms with van der Waals surface area (Å²) in [5, 5.41) is 18.5. The molecule has 0 saturated carbocycles. The van der Waals surface area contributed by atoms with Gasteiger partial charge in [0, 0.05) is 0 Å². The van der Waals surface area contributed by atoms with Crippen LogP contribution in [0.5, 0.6) is 0 Å². The molecule has 1 saturated heterocycles. The number of nitriles is 2. The van der Waals surface area contributed by atoms with Crippen LogP contribution in [-0.4, -0.2) is 0 Å². The molecule has 0 aliphatic carbocycles. The Balaban J connectivity index is 2.14. The van der Waals surface area contributed by atoms with Crippen molar-refractivity contribution in [1.82, 2.24) is 0 Å². The maximum Gasteiger partial charge on any atom is 0.264 e. The minimum atomic E-state index is -1.41. The zero-order valence-electron chi connectivity index (χ0n) is 8.58. The van der Waals surface area contributed by atoms with Crippen LogP contribution in [0, 0.1) is 22.7 Å². The Morgan fingerprint density at radius 1 is 0.882 bits per heavy atom. The smallest absolute Gasteiger partial charge is 0.264 e. The summed E-state index contributed by atoms with van der Waals surface area (Å²) in [6.07, 6.45) is 2.86. The molecule has 82 valence electrons. The summed E-state index contributed by atoms with van der Waals surface area (Å²) in [6.45, 7) is 0. The monoisotopic (exact) mass is 226 g/mol. The Kier molecular flexibility index (Phi) is 1.72. The molecule has 2 atom stereocenters. The molecule has 0 radical (unpaired) electrons. The normalized spacial score (nSPS) is 30.5. The minimum absolute atomic E-state index is 0.304. The van der Waals surface area contributed by atoms with Gasteiger partial charge in [-0.25, -0.2) is 0 Å². The molecule has 17 heavy (non-hydrogen) atoms. The molecule has 2 unspecified atom stereocenters. The summed E-state index contributed by atoms with van der Waals surface area (Å²) in [4.78, 5) is 0. The lowest BCUT2D eigenvalue weighted by molar-refractivity contribution is 0.276. The molecule has 1 fully saturated rings. The van der Waals surface area contributed by atoms with E-state index in [2.05, 4.69) is 0 Å². The molecule has 5 nitrogen and oxygen atoms in total. The van der Waals surface area contributed by atoms with E-state index in [0.29, 0.717) is 11.5 Å². The highest BCUT2D eigenvalue weighted by Gasteiger charge is 2.78. The van der Waals surface area contributed by atoms with Crippen LogP contribution in [0.4, 0.5) is 0 Å². The van der Waals surface area contributed by atoms with Crippen molar-refractivity contribution >= 4 is 0 Å². The predicted molar refractivity (Wildman–Crippen MR) is 53.1 cm³/mol. The summed E-state index contributed by atoms with van der Waals surface area (Å²) >= 11 is 0. The zero-order chi connectivity index (χ0) is 11.9. The Bertz CT molecular complexity index is 562. The third kappa shape index (κ3) is 0.988. The molecular formula is C12H6N2O3. The highest BCUT2D eigenvalue weighted by Crippen LogP contribution is 2.61. The predicted octanol–water partition coefficient (Wildman–Crippen LogP) is 2.04. The van der Waals surface area contributed by atoms with Crippen molar-refractivity contribution in [3.63, 3.8) is 0 Å². The van der Waals surface area contributed by atoms with Gasteiger partial charge in [-0.15, -0.1) is 0 Å². The van der Waals surface area contributed by atoms with Gasteiger partial charge in [-0.2, -0.15) is 10.5 Å². The van der Waals surface area contributed by atoms with E-state index in [9.17, 15) is 10.5 Å². The van der Waals surface area contributed by atoms with Gasteiger partial charge in [0.05, 0.1) is 12.5 Å². The van der Waals surface area contributed by atoms with Crippen molar-refractivity contribution in [1.29, 1.82) is 10.5 Å². The van der Waals surface area contributed by atoms with Crippen LogP contribution in [0.25, 0.3) is 0 Å². The van der Waals surface area contributed by atoms with Crippen LogP contribution in [0.3, 0.4) is 0 Å². The maximum atomic E-state index is 9.27. The highest BCUT2D eigenvalue weighted by molar-refractivity contribution is 5.46. The molecule has 3 heterocycles. The van der Waals surface area contributed by atoms with E-state index in [4.69, 9.17) is 13.6 Å². The molecule has 5 heteroatoms. The van der Waals surface area contributed by atoms with Gasteiger partial charge in [0.2, 0.25) is 0 Å². The number of furan rings is 2. The molecule has 0 amide bonds. The van der Waals surface area contributed by atoms with Gasteiger partial charge < -0.3 is 13.6 Å². The molecule has 0 N–H and O–H groups in total. The number of hydrogen-bond donors (Lipinski definition) is 0. The first-order valence-corrected chi connectivity index (χ1v) is 4.90. The molecule has 1 aliphatic rings. The van der Waals surface area contributed by atoms with Crippen molar-refractivity contribution in [3.05, 3.63) is 48.3 Å². The molecule has 0 spiro atoms. The Hall–Kier alpha value is -2.50. The van der Waals surface area contributed by atoms with Crippen molar-refractivity contribution < 1.29 is 13.6 Å². The Morgan fingerprint density at radius 2 is 1.35 bits per heavy atom. The summed E-state index contributed by atoms with van der Waals surface area (Å²) in [7, 11) is 0. The SMILES string of the molecule is N#CC1(c2ccco2)OC1(C#N)c1ccco1. The first-order chi connectivity index (χ1) is 8.29. The van der Waals surface area contributed by atoms with Gasteiger partial charge in [-0.05, 0) is 24.3 Å². The molecule has 1 aliphatic heterocycles. The number of rotatable bonds is 2. The lowest BCUT2D eigenvalue weighted by Crippen LogP contribution is -2.18. The van der Waals surface area contributed by atoms with Crippen LogP contribution in [0.2, 0.25) is 0 Å². The van der Waals surface area contributed by atoms with Gasteiger partial charge in [-0.3, -0.25) is 0 Å². The Morgan fingerprint density at radius 3 is 1.65 bits per heavy atom. The second-order valence-corrected chi connectivity index (χ2v) is 3.64. The fraction of sp³-hybridized carbons (Fsp3) is 0.167. The van der Waals surface area contributed by atoms with Crippen LogP contribution in [0.1, 0.15) is 11.5 Å². The molecule has 2 aromatic rings. The average molecular weight is 226 g/mol. The van der Waals surface area contributed by atoms with E-state index in [-0.39, 0.29) is 0 Å². The molecule has 0 bridgehead atoms. The molecule has 0 aromatic carbocycles. The topological polar surface area (TPSA) is 86.4 Å². The van der Waals surface area contributed by atoms with Crippen LogP contribution >= 0.6 is 0 Å². The average Bonchev–Trinajstić information content (AvgIpc) is 2.87. The highest BCUT2D eigenvalue weighted by atomic mass is 16.6. The number of nitrogens with zero attached hydrogens (tertiary/aromatic N) is 2. The lowest BCUT2D eigenvalue weighted by Gasteiger charge is -2.02. The van der Waals surface area contributed by atoms with Gasteiger partial charge in [0.25, 0.3) is 11.2 Å². The summed E-state index contributed by atoms with van der Waals surface area (Å²) in [6, 6.07) is 10.5. The number of hydrogen-bond acceptors (Lipinski definition) is 5. The summed E-state index contributed by atoms with van der Waals surface area (Å²) < 4.78 is 15.7. The van der Waals surface area contributed by atoms with E-state index in [0.717, 1.165) is 0 Å². The summed E-state index contributed by atoms with van der Waals surface area (Å²) in [5.74, 6) is 0.607. The summed E-state index contributed by atoms with van der Waals surface area (Å²) in [5.41, 5.74) is -2.83. The third-order valence-electron chi connectivity index (χ3n) is 2.81. The van der Waals surface area contributed by atoms with Crippen molar-refractivity contribution in [2.75, 3.05) is 0 Å². The van der Waals surface area contributed by atoms with E-state index in [1.54, 1.807) is 24.3 Å². The van der Waals surface area contributed by atoms with E-state index < -0.39 is 11.2 Å². The van der Waals surface area contributed by atoms with Gasteiger partial charge in [-0.1, -0.05) is 0 Å².